The molecule has 1 aliphatic carbocycles. The molecule has 1 saturated carbocycles. The van der Waals surface area contributed by atoms with Gasteiger partial charge in [-0.3, -0.25) is 18.9 Å². The topological polar surface area (TPSA) is 121 Å². The Morgan fingerprint density at radius 1 is 1.31 bits per heavy atom. The number of carbonyl (C=O) groups is 1. The number of carbonyl (C=O) groups excluding carboxylic acids is 1. The number of nitrogens with two attached hydrogens (primary N) is 1. The Morgan fingerprint density at radius 2 is 2.03 bits per heavy atom. The summed E-state index contributed by atoms with van der Waals surface area (Å²) < 4.78 is 35.2. The van der Waals surface area contributed by atoms with Gasteiger partial charge in [-0.1, -0.05) is 11.6 Å². The zero-order valence-corrected chi connectivity index (χ0v) is 17.1. The number of halogens is 2. The lowest BCUT2D eigenvalue weighted by Crippen LogP contribution is -2.47. The van der Waals surface area contributed by atoms with Crippen molar-refractivity contribution in [3.05, 3.63) is 58.6 Å². The molecule has 1 spiro atoms. The van der Waals surface area contributed by atoms with Crippen molar-refractivity contribution in [2.24, 2.45) is 10.7 Å². The Labute approximate surface area is 173 Å². The number of hydrogen-bond donors (Lipinski definition) is 4. The molecule has 1 aromatic carbocycles. The van der Waals surface area contributed by atoms with E-state index >= 15 is 0 Å². The van der Waals surface area contributed by atoms with Crippen LogP contribution in [0, 0.1) is 5.82 Å². The highest BCUT2D eigenvalue weighted by Crippen LogP contribution is 2.69. The van der Waals surface area contributed by atoms with E-state index in [4.69, 9.17) is 17.3 Å². The van der Waals surface area contributed by atoms with Crippen molar-refractivity contribution in [1.82, 2.24) is 4.98 Å². The van der Waals surface area contributed by atoms with Gasteiger partial charge in [-0.2, -0.15) is 10.6 Å². The van der Waals surface area contributed by atoms with Gasteiger partial charge in [-0.05, 0) is 50.1 Å². The molecule has 7 nitrogen and oxygen atoms in total. The lowest BCUT2D eigenvalue weighted by Gasteiger charge is -2.49. The highest BCUT2D eigenvalue weighted by atomic mass is 35.5. The third-order valence-electron chi connectivity index (χ3n) is 5.41. The van der Waals surface area contributed by atoms with E-state index < -0.39 is 32.6 Å². The summed E-state index contributed by atoms with van der Waals surface area (Å²) in [4.78, 5) is 20.8. The lowest BCUT2D eigenvalue weighted by molar-refractivity contribution is 0.102. The second-order valence-electron chi connectivity index (χ2n) is 7.59. The fourth-order valence-electron chi connectivity index (χ4n) is 3.65. The van der Waals surface area contributed by atoms with Crippen molar-refractivity contribution in [3.63, 3.8) is 0 Å². The molecule has 10 heteroatoms. The number of benzene rings is 1. The number of anilines is 1. The van der Waals surface area contributed by atoms with Crippen LogP contribution in [0.2, 0.25) is 5.02 Å². The molecule has 2 aliphatic rings. The van der Waals surface area contributed by atoms with E-state index in [1.807, 2.05) is 0 Å². The average molecular weight is 439 g/mol. The minimum Gasteiger partial charge on any atom is -0.386 e. The monoisotopic (exact) mass is 438 g/mol. The fraction of sp³-hybridized carbons (Fsp3) is 0.316. The number of amides is 1. The van der Waals surface area contributed by atoms with Crippen LogP contribution >= 0.6 is 22.2 Å². The maximum atomic E-state index is 14.7. The Bertz CT molecular complexity index is 1030. The summed E-state index contributed by atoms with van der Waals surface area (Å²) in [6.45, 7) is 1.61. The van der Waals surface area contributed by atoms with E-state index in [0.29, 0.717) is 23.6 Å². The number of hydrogen-bond acceptors (Lipinski definition) is 6. The minimum absolute atomic E-state index is 0.123. The number of pyridine rings is 1. The van der Waals surface area contributed by atoms with Gasteiger partial charge in [0.05, 0.1) is 10.8 Å². The fourth-order valence-corrected chi connectivity index (χ4v) is 6.18. The van der Waals surface area contributed by atoms with E-state index in [1.165, 1.54) is 30.5 Å². The predicted molar refractivity (Wildman–Crippen MR) is 112 cm³/mol. The van der Waals surface area contributed by atoms with E-state index in [1.54, 1.807) is 13.0 Å². The average Bonchev–Trinajstić information content (AvgIpc) is 3.44. The number of nitrogens with zero attached hydrogens (tertiary/aromatic N) is 2. The molecule has 154 valence electrons. The number of nitrogens with one attached hydrogen (secondary N) is 1. The molecule has 2 aromatic rings. The molecule has 1 amide bonds. The van der Waals surface area contributed by atoms with Crippen LogP contribution in [0.4, 0.5) is 10.1 Å². The Balaban J connectivity index is 1.66. The number of amidine groups is 1. The van der Waals surface area contributed by atoms with E-state index in [2.05, 4.69) is 15.3 Å². The molecule has 4 rings (SSSR count). The Kier molecular flexibility index (Phi) is 4.62. The van der Waals surface area contributed by atoms with Crippen molar-refractivity contribution < 1.29 is 18.3 Å². The van der Waals surface area contributed by atoms with Crippen molar-refractivity contribution in [1.29, 1.82) is 0 Å². The SMILES string of the molecule is C[C@@]1(c2cc(NC(=O)c3ccc(Cl)cn3)ccc2F)CS(O)(O)C2(CC2)C(N)=N1. The van der Waals surface area contributed by atoms with Crippen LogP contribution in [0.3, 0.4) is 0 Å². The molecule has 0 bridgehead atoms. The summed E-state index contributed by atoms with van der Waals surface area (Å²) >= 11 is 5.78. The van der Waals surface area contributed by atoms with Gasteiger partial charge in [0.1, 0.15) is 27.6 Å². The van der Waals surface area contributed by atoms with Crippen LogP contribution in [-0.4, -0.2) is 36.3 Å². The molecule has 0 radical (unpaired) electrons. The van der Waals surface area contributed by atoms with E-state index in [0.717, 1.165) is 0 Å². The lowest BCUT2D eigenvalue weighted by atomic mass is 9.93. The van der Waals surface area contributed by atoms with Crippen LogP contribution in [0.25, 0.3) is 0 Å². The first-order valence-corrected chi connectivity index (χ1v) is 11.0. The molecular formula is C19H20ClFN4O3S. The summed E-state index contributed by atoms with van der Waals surface area (Å²) in [6.07, 6.45) is 2.48. The van der Waals surface area contributed by atoms with Crippen LogP contribution < -0.4 is 11.1 Å². The second kappa shape index (κ2) is 6.66. The number of rotatable bonds is 3. The third-order valence-corrected chi connectivity index (χ3v) is 8.47. The second-order valence-corrected chi connectivity index (χ2v) is 10.4. The summed E-state index contributed by atoms with van der Waals surface area (Å²) in [7, 11) is -3.09. The van der Waals surface area contributed by atoms with Gasteiger partial charge >= 0.3 is 0 Å². The summed E-state index contributed by atoms with van der Waals surface area (Å²) in [5.41, 5.74) is 5.39. The van der Waals surface area contributed by atoms with Gasteiger partial charge < -0.3 is 11.1 Å². The maximum absolute atomic E-state index is 14.7. The van der Waals surface area contributed by atoms with Crippen LogP contribution in [0.1, 0.15) is 35.8 Å². The van der Waals surface area contributed by atoms with Crippen molar-refractivity contribution in [2.45, 2.75) is 30.1 Å². The maximum Gasteiger partial charge on any atom is 0.274 e. The van der Waals surface area contributed by atoms with Gasteiger partial charge in [0.2, 0.25) is 0 Å². The predicted octanol–water partition coefficient (Wildman–Crippen LogP) is 4.00. The van der Waals surface area contributed by atoms with E-state index in [9.17, 15) is 18.3 Å². The zero-order chi connectivity index (χ0) is 21.0. The zero-order valence-electron chi connectivity index (χ0n) is 15.5. The molecule has 2 heterocycles. The molecule has 5 N–H and O–H groups in total. The highest BCUT2D eigenvalue weighted by molar-refractivity contribution is 8.26. The largest absolute Gasteiger partial charge is 0.386 e. The van der Waals surface area contributed by atoms with Crippen LogP contribution in [-0.2, 0) is 5.54 Å². The Morgan fingerprint density at radius 3 is 2.62 bits per heavy atom. The molecule has 1 aliphatic heterocycles. The molecule has 1 aromatic heterocycles. The van der Waals surface area contributed by atoms with E-state index in [-0.39, 0.29) is 22.8 Å². The first-order valence-electron chi connectivity index (χ1n) is 8.91. The normalized spacial score (nSPS) is 25.2. The first-order chi connectivity index (χ1) is 13.6. The molecular weight excluding hydrogens is 419 g/mol. The van der Waals surface area contributed by atoms with Gasteiger partial charge in [-0.25, -0.2) is 9.37 Å². The summed E-state index contributed by atoms with van der Waals surface area (Å²) in [5.74, 6) is -1.05. The van der Waals surface area contributed by atoms with Crippen LogP contribution in [0.5, 0.6) is 0 Å². The standard InChI is InChI=1S/C19H20ClFN4O3S/c1-18(10-29(27,28)19(6-7-19)17(22)25-18)13-8-12(3-4-14(13)21)24-16(26)15-5-2-11(20)9-23-15/h2-5,8-9,27-28H,6-7,10H2,1H3,(H2,22,25)(H,24,26)/t18-/m0/s1. The Hall–Kier alpha value is -2.20. The molecule has 0 saturated heterocycles. The van der Waals surface area contributed by atoms with Crippen molar-refractivity contribution >= 4 is 39.6 Å². The van der Waals surface area contributed by atoms with Gasteiger partial charge in [-0.15, -0.1) is 0 Å². The summed E-state index contributed by atoms with van der Waals surface area (Å²) in [6, 6.07) is 7.05. The molecule has 29 heavy (non-hydrogen) atoms. The highest BCUT2D eigenvalue weighted by Gasteiger charge is 2.62. The smallest absolute Gasteiger partial charge is 0.274 e. The van der Waals surface area contributed by atoms with Crippen molar-refractivity contribution in [2.75, 3.05) is 11.1 Å². The van der Waals surface area contributed by atoms with Crippen molar-refractivity contribution in [3.8, 4) is 0 Å². The number of aliphatic imine (C=N–C) groups is 1. The first kappa shape index (κ1) is 20.1. The quantitative estimate of drug-likeness (QED) is 0.577. The molecule has 1 fully saturated rings. The van der Waals surface area contributed by atoms with Gasteiger partial charge in [0.15, 0.2) is 0 Å². The van der Waals surface area contributed by atoms with Gasteiger partial charge in [0.25, 0.3) is 5.91 Å². The third kappa shape index (κ3) is 3.38. The summed E-state index contributed by atoms with van der Waals surface area (Å²) in [5, 5.41) is 3.05. The molecule has 1 atom stereocenters. The van der Waals surface area contributed by atoms with Crippen LogP contribution in [0.15, 0.2) is 41.5 Å². The minimum atomic E-state index is -3.09. The van der Waals surface area contributed by atoms with Gasteiger partial charge in [0, 0.05) is 17.4 Å². The number of aromatic nitrogens is 1. The molecule has 0 unspecified atom stereocenters.